The van der Waals surface area contributed by atoms with Gasteiger partial charge in [0.25, 0.3) is 5.91 Å². The topological polar surface area (TPSA) is 72.3 Å². The first-order valence-electron chi connectivity index (χ1n) is 10.7. The fourth-order valence-corrected chi connectivity index (χ4v) is 5.43. The molecule has 0 bridgehead atoms. The predicted molar refractivity (Wildman–Crippen MR) is 108 cm³/mol. The number of carbonyl (C=O) groups excluding carboxylic acids is 2. The van der Waals surface area contributed by atoms with Gasteiger partial charge >= 0.3 is 6.03 Å². The van der Waals surface area contributed by atoms with Crippen LogP contribution in [-0.4, -0.2) is 49.8 Å². The van der Waals surface area contributed by atoms with Crippen molar-refractivity contribution >= 4 is 11.9 Å². The van der Waals surface area contributed by atoms with Crippen LogP contribution in [0.4, 0.5) is 4.79 Å². The van der Waals surface area contributed by atoms with Gasteiger partial charge in [0.15, 0.2) is 6.67 Å². The van der Waals surface area contributed by atoms with E-state index in [1.165, 1.54) is 9.80 Å². The van der Waals surface area contributed by atoms with Crippen molar-refractivity contribution < 1.29 is 24.0 Å². The molecule has 2 saturated heterocycles. The average molecular weight is 403 g/mol. The third-order valence-electron chi connectivity index (χ3n) is 7.16. The summed E-state index contributed by atoms with van der Waals surface area (Å²) in [7, 11) is 3.33. The van der Waals surface area contributed by atoms with Crippen LogP contribution in [0.5, 0.6) is 11.5 Å². The number of hydrogen-bond donors (Lipinski definition) is 2. The molecule has 2 aliphatic heterocycles. The van der Waals surface area contributed by atoms with Crippen LogP contribution in [0.3, 0.4) is 0 Å². The molecular weight excluding hydrogens is 370 g/mol. The minimum absolute atomic E-state index is 0.0366. The second-order valence-electron chi connectivity index (χ2n) is 8.65. The zero-order valence-corrected chi connectivity index (χ0v) is 17.6. The first-order chi connectivity index (χ1) is 14.0. The van der Waals surface area contributed by atoms with Crippen molar-refractivity contribution in [1.82, 2.24) is 10.2 Å². The maximum atomic E-state index is 13.3. The van der Waals surface area contributed by atoms with E-state index in [4.69, 9.17) is 9.47 Å². The van der Waals surface area contributed by atoms with Gasteiger partial charge in [0, 0.05) is 12.8 Å². The Hall–Kier alpha value is -2.28. The minimum Gasteiger partial charge on any atom is -0.497 e. The molecule has 2 heterocycles. The summed E-state index contributed by atoms with van der Waals surface area (Å²) in [6, 6.07) is 5.77. The molecule has 2 N–H and O–H groups in total. The van der Waals surface area contributed by atoms with E-state index in [2.05, 4.69) is 12.2 Å². The molecule has 1 aromatic carbocycles. The number of quaternary nitrogens is 1. The third kappa shape index (κ3) is 3.35. The van der Waals surface area contributed by atoms with Gasteiger partial charge in [-0.1, -0.05) is 19.8 Å². The highest BCUT2D eigenvalue weighted by Gasteiger charge is 2.56. The van der Waals surface area contributed by atoms with E-state index in [0.717, 1.165) is 62.1 Å². The number of rotatable bonds is 5. The lowest BCUT2D eigenvalue weighted by atomic mass is 9.73. The van der Waals surface area contributed by atoms with E-state index < -0.39 is 5.54 Å². The Morgan fingerprint density at radius 2 is 2.00 bits per heavy atom. The number of carbonyl (C=O) groups is 2. The lowest BCUT2D eigenvalue weighted by molar-refractivity contribution is -0.925. The Labute approximate surface area is 172 Å². The van der Waals surface area contributed by atoms with Gasteiger partial charge < -0.3 is 19.7 Å². The van der Waals surface area contributed by atoms with E-state index in [1.807, 2.05) is 18.2 Å². The summed E-state index contributed by atoms with van der Waals surface area (Å²) in [5.74, 6) is 1.76. The molecule has 1 spiro atoms. The van der Waals surface area contributed by atoms with Crippen molar-refractivity contribution in [2.75, 3.05) is 27.4 Å². The van der Waals surface area contributed by atoms with Crippen LogP contribution in [0.2, 0.25) is 0 Å². The molecule has 7 heteroatoms. The molecule has 1 unspecified atom stereocenters. The molecule has 29 heavy (non-hydrogen) atoms. The number of benzene rings is 1. The zero-order valence-electron chi connectivity index (χ0n) is 17.6. The first-order valence-corrected chi connectivity index (χ1v) is 10.7. The number of methoxy groups -OCH3 is 2. The number of hydrogen-bond acceptors (Lipinski definition) is 4. The van der Waals surface area contributed by atoms with Gasteiger partial charge in [0.1, 0.15) is 23.1 Å². The number of likely N-dealkylation sites (tertiary alicyclic amines) is 1. The number of amides is 3. The fourth-order valence-electron chi connectivity index (χ4n) is 5.43. The van der Waals surface area contributed by atoms with Gasteiger partial charge in [-0.15, -0.1) is 0 Å². The summed E-state index contributed by atoms with van der Waals surface area (Å²) in [4.78, 5) is 28.8. The molecule has 158 valence electrons. The summed E-state index contributed by atoms with van der Waals surface area (Å²) in [6.45, 7) is 3.41. The van der Waals surface area contributed by atoms with Crippen molar-refractivity contribution in [2.45, 2.75) is 57.0 Å². The SMILES string of the molecule is COc1ccc(OC)c([C@H]2CCC[NH+]2CN2C(=O)N[C@@]3(CCCC[C@H]3C)C2=O)c1. The highest BCUT2D eigenvalue weighted by atomic mass is 16.5. The predicted octanol–water partition coefficient (Wildman–Crippen LogP) is 1.88. The second-order valence-corrected chi connectivity index (χ2v) is 8.65. The smallest absolute Gasteiger partial charge is 0.329 e. The Kier molecular flexibility index (Phi) is 5.42. The highest BCUT2D eigenvalue weighted by molar-refractivity contribution is 6.07. The van der Waals surface area contributed by atoms with Crippen molar-refractivity contribution in [2.24, 2.45) is 5.92 Å². The van der Waals surface area contributed by atoms with Gasteiger partial charge in [-0.3, -0.25) is 4.79 Å². The maximum Gasteiger partial charge on any atom is 0.329 e. The monoisotopic (exact) mass is 402 g/mol. The Morgan fingerprint density at radius 3 is 2.72 bits per heavy atom. The van der Waals surface area contributed by atoms with Crippen LogP contribution in [0.15, 0.2) is 18.2 Å². The molecule has 1 aromatic rings. The second kappa shape index (κ2) is 7.86. The van der Waals surface area contributed by atoms with Crippen LogP contribution >= 0.6 is 0 Å². The zero-order chi connectivity index (χ0) is 20.6. The van der Waals surface area contributed by atoms with Gasteiger partial charge in [0.2, 0.25) is 0 Å². The Bertz CT molecular complexity index is 798. The first kappa shape index (κ1) is 20.0. The molecule has 1 saturated carbocycles. The standard InChI is InChI=1S/C22H31N3O4/c1-15-7-4-5-11-22(15)20(26)25(21(27)23-22)14-24-12-6-8-18(24)17-13-16(28-2)9-10-19(17)29-3/h9-10,13,15,18H,4-8,11-12,14H2,1-3H3,(H,23,27)/p+1/t15-,18-,22-/m1/s1. The normalized spacial score (nSPS) is 32.0. The summed E-state index contributed by atoms with van der Waals surface area (Å²) in [6.07, 6.45) is 5.89. The Morgan fingerprint density at radius 1 is 1.17 bits per heavy atom. The van der Waals surface area contributed by atoms with E-state index >= 15 is 0 Å². The van der Waals surface area contributed by atoms with Crippen LogP contribution in [0, 0.1) is 5.92 Å². The van der Waals surface area contributed by atoms with Crippen molar-refractivity contribution in [1.29, 1.82) is 0 Å². The van der Waals surface area contributed by atoms with Crippen LogP contribution in [0.25, 0.3) is 0 Å². The maximum absolute atomic E-state index is 13.3. The summed E-state index contributed by atoms with van der Waals surface area (Å²) < 4.78 is 11.0. The van der Waals surface area contributed by atoms with Crippen LogP contribution in [-0.2, 0) is 4.79 Å². The number of nitrogens with zero attached hydrogens (tertiary/aromatic N) is 1. The fraction of sp³-hybridized carbons (Fsp3) is 0.636. The largest absolute Gasteiger partial charge is 0.497 e. The van der Waals surface area contributed by atoms with Crippen LogP contribution in [0.1, 0.15) is 57.1 Å². The molecule has 0 radical (unpaired) electrons. The summed E-state index contributed by atoms with van der Waals surface area (Å²) in [5, 5.41) is 3.07. The van der Waals surface area contributed by atoms with Gasteiger partial charge in [0.05, 0.1) is 26.3 Å². The van der Waals surface area contributed by atoms with E-state index in [9.17, 15) is 9.59 Å². The van der Waals surface area contributed by atoms with E-state index in [-0.39, 0.29) is 23.9 Å². The number of nitrogens with one attached hydrogen (secondary N) is 2. The molecule has 4 atom stereocenters. The molecule has 0 aromatic heterocycles. The number of ether oxygens (including phenoxy) is 2. The van der Waals surface area contributed by atoms with Crippen molar-refractivity contribution in [3.63, 3.8) is 0 Å². The summed E-state index contributed by atoms with van der Waals surface area (Å²) >= 11 is 0. The minimum atomic E-state index is -0.697. The van der Waals surface area contributed by atoms with Crippen molar-refractivity contribution in [3.8, 4) is 11.5 Å². The molecule has 3 amide bonds. The van der Waals surface area contributed by atoms with Crippen molar-refractivity contribution in [3.05, 3.63) is 23.8 Å². The molecule has 4 rings (SSSR count). The lowest BCUT2D eigenvalue weighted by Crippen LogP contribution is -3.12. The number of imide groups is 1. The van der Waals surface area contributed by atoms with E-state index in [1.54, 1.807) is 14.2 Å². The molecule has 7 nitrogen and oxygen atoms in total. The molecular formula is C22H32N3O4+. The van der Waals surface area contributed by atoms with Crippen LogP contribution < -0.4 is 19.7 Å². The van der Waals surface area contributed by atoms with Gasteiger partial charge in [-0.05, 0) is 37.0 Å². The lowest BCUT2D eigenvalue weighted by Gasteiger charge is -2.37. The van der Waals surface area contributed by atoms with Gasteiger partial charge in [-0.25, -0.2) is 9.69 Å². The molecule has 1 aliphatic carbocycles. The summed E-state index contributed by atoms with van der Waals surface area (Å²) in [5.41, 5.74) is 0.379. The molecule has 3 aliphatic rings. The third-order valence-corrected chi connectivity index (χ3v) is 7.16. The Balaban J connectivity index is 1.56. The molecule has 3 fully saturated rings. The number of urea groups is 1. The van der Waals surface area contributed by atoms with E-state index in [0.29, 0.717) is 6.67 Å². The van der Waals surface area contributed by atoms with Gasteiger partial charge in [-0.2, -0.15) is 0 Å². The quantitative estimate of drug-likeness (QED) is 0.738. The highest BCUT2D eigenvalue weighted by Crippen LogP contribution is 2.38. The average Bonchev–Trinajstić information content (AvgIpc) is 3.29.